The fourth-order valence-corrected chi connectivity index (χ4v) is 6.38. The first-order valence-electron chi connectivity index (χ1n) is 11.9. The fourth-order valence-electron chi connectivity index (χ4n) is 6.38. The Balaban J connectivity index is 1.55. The van der Waals surface area contributed by atoms with Gasteiger partial charge in [0.1, 0.15) is 0 Å². The van der Waals surface area contributed by atoms with Crippen LogP contribution in [0.3, 0.4) is 0 Å². The third-order valence-electron chi connectivity index (χ3n) is 7.31. The summed E-state index contributed by atoms with van der Waals surface area (Å²) in [4.78, 5) is 27.7. The third kappa shape index (κ3) is 5.73. The predicted molar refractivity (Wildman–Crippen MR) is 114 cm³/mol. The Morgan fingerprint density at radius 2 is 1.36 bits per heavy atom. The highest BCUT2D eigenvalue weighted by Crippen LogP contribution is 2.52. The van der Waals surface area contributed by atoms with Gasteiger partial charge in [-0.3, -0.25) is 9.59 Å². The van der Waals surface area contributed by atoms with Crippen LogP contribution in [0.15, 0.2) is 0 Å². The monoisotopic (exact) mass is 390 g/mol. The number of nitrogens with one attached hydrogen (secondary N) is 1. The molecule has 2 unspecified atom stereocenters. The molecular formula is C24H42N2O2. The van der Waals surface area contributed by atoms with E-state index in [0.29, 0.717) is 0 Å². The summed E-state index contributed by atoms with van der Waals surface area (Å²) >= 11 is 0. The number of likely N-dealkylation sites (tertiary alicyclic amines) is 1. The zero-order valence-electron chi connectivity index (χ0n) is 18.5. The number of amides is 2. The molecule has 3 aliphatic rings. The molecule has 4 nitrogen and oxygen atoms in total. The van der Waals surface area contributed by atoms with Crippen LogP contribution < -0.4 is 5.32 Å². The van der Waals surface area contributed by atoms with E-state index in [4.69, 9.17) is 0 Å². The molecule has 1 N–H and O–H groups in total. The average Bonchev–Trinajstić information content (AvgIpc) is 2.85. The van der Waals surface area contributed by atoms with Crippen molar-refractivity contribution in [2.24, 2.45) is 10.8 Å². The molecule has 2 bridgehead atoms. The van der Waals surface area contributed by atoms with Gasteiger partial charge >= 0.3 is 11.8 Å². The number of rotatable bonds is 1. The molecule has 0 aromatic heterocycles. The Morgan fingerprint density at radius 3 is 1.93 bits per heavy atom. The van der Waals surface area contributed by atoms with Crippen LogP contribution in [-0.4, -0.2) is 35.3 Å². The van der Waals surface area contributed by atoms with Gasteiger partial charge in [-0.2, -0.15) is 0 Å². The molecule has 2 aliphatic carbocycles. The molecule has 0 radical (unpaired) electrons. The topological polar surface area (TPSA) is 49.4 Å². The lowest BCUT2D eigenvalue weighted by atomic mass is 9.65. The van der Waals surface area contributed by atoms with E-state index >= 15 is 0 Å². The van der Waals surface area contributed by atoms with Gasteiger partial charge in [0.2, 0.25) is 0 Å². The van der Waals surface area contributed by atoms with Gasteiger partial charge in [-0.25, -0.2) is 0 Å². The van der Waals surface area contributed by atoms with Crippen LogP contribution in [0.4, 0.5) is 0 Å². The Kier molecular flexibility index (Phi) is 7.09. The minimum absolute atomic E-state index is 0.171. The second-order valence-electron chi connectivity index (χ2n) is 11.1. The number of nitrogens with zero attached hydrogens (tertiary/aromatic N) is 1. The van der Waals surface area contributed by atoms with E-state index in [1.165, 1.54) is 44.9 Å². The number of carbonyl (C=O) groups is 2. The molecule has 3 rings (SSSR count). The van der Waals surface area contributed by atoms with Crippen LogP contribution in [0.25, 0.3) is 0 Å². The van der Waals surface area contributed by atoms with Gasteiger partial charge in [0.25, 0.3) is 0 Å². The molecule has 1 saturated heterocycles. The molecule has 4 heteroatoms. The Morgan fingerprint density at radius 1 is 0.821 bits per heavy atom. The normalized spacial score (nSPS) is 32.2. The maximum absolute atomic E-state index is 13.0. The summed E-state index contributed by atoms with van der Waals surface area (Å²) in [5, 5.41) is 3.13. The second-order valence-corrected chi connectivity index (χ2v) is 11.1. The first kappa shape index (κ1) is 21.6. The summed E-state index contributed by atoms with van der Waals surface area (Å²) in [6.07, 6.45) is 16.8. The molecule has 3 fully saturated rings. The van der Waals surface area contributed by atoms with Crippen LogP contribution in [0.1, 0.15) is 111 Å². The number of hydrogen-bond acceptors (Lipinski definition) is 2. The fraction of sp³-hybridized carbons (Fsp3) is 0.917. The van der Waals surface area contributed by atoms with E-state index in [0.717, 1.165) is 51.5 Å². The van der Waals surface area contributed by atoms with Crippen molar-refractivity contribution in [1.82, 2.24) is 10.2 Å². The number of hydrogen-bond donors (Lipinski definition) is 1. The van der Waals surface area contributed by atoms with Gasteiger partial charge in [-0.1, -0.05) is 78.6 Å². The largest absolute Gasteiger partial charge is 0.345 e. The van der Waals surface area contributed by atoms with Gasteiger partial charge in [0.15, 0.2) is 0 Å². The van der Waals surface area contributed by atoms with Crippen LogP contribution >= 0.6 is 0 Å². The van der Waals surface area contributed by atoms with Gasteiger partial charge in [-0.15, -0.1) is 0 Å². The van der Waals surface area contributed by atoms with E-state index in [1.54, 1.807) is 0 Å². The molecule has 28 heavy (non-hydrogen) atoms. The number of fused-ring (bicyclic) bond motifs is 2. The van der Waals surface area contributed by atoms with Crippen molar-refractivity contribution in [3.05, 3.63) is 0 Å². The second kappa shape index (κ2) is 9.17. The van der Waals surface area contributed by atoms with Gasteiger partial charge < -0.3 is 10.2 Å². The summed E-state index contributed by atoms with van der Waals surface area (Å²) in [6.45, 7) is 7.64. The van der Waals surface area contributed by atoms with Crippen LogP contribution in [0, 0.1) is 10.8 Å². The summed E-state index contributed by atoms with van der Waals surface area (Å²) < 4.78 is 0. The lowest BCUT2D eigenvalue weighted by Crippen LogP contribution is -2.48. The molecule has 1 heterocycles. The molecule has 2 atom stereocenters. The van der Waals surface area contributed by atoms with E-state index < -0.39 is 0 Å². The van der Waals surface area contributed by atoms with Crippen LogP contribution in [0.2, 0.25) is 0 Å². The summed E-state index contributed by atoms with van der Waals surface area (Å²) in [5.74, 6) is -0.636. The van der Waals surface area contributed by atoms with E-state index in [1.807, 2.05) is 4.90 Å². The zero-order chi connectivity index (χ0) is 20.2. The standard InChI is InChI=1S/C24H42N2O2/c1-23(2)15-20-16-24(3,17-23)18-26(20)22(28)21(27)25-19-13-11-9-7-5-4-6-8-10-12-14-19/h19-20H,4-18H2,1-3H3,(H,25,27). The predicted octanol–water partition coefficient (Wildman–Crippen LogP) is 5.20. The Labute approximate surface area is 172 Å². The lowest BCUT2D eigenvalue weighted by molar-refractivity contribution is -0.147. The van der Waals surface area contributed by atoms with E-state index in [9.17, 15) is 9.59 Å². The Bertz CT molecular complexity index is 547. The summed E-state index contributed by atoms with van der Waals surface area (Å²) in [5.41, 5.74) is 0.437. The molecule has 0 spiro atoms. The van der Waals surface area contributed by atoms with Crippen LogP contribution in [0.5, 0.6) is 0 Å². The SMILES string of the molecule is CC1(C)CC2CC(C)(CN2C(=O)C(=O)NC2CCCCCCCCCCC2)C1. The molecule has 2 saturated carbocycles. The molecule has 0 aromatic carbocycles. The Hall–Kier alpha value is -1.06. The highest BCUT2D eigenvalue weighted by molar-refractivity contribution is 6.35. The van der Waals surface area contributed by atoms with Crippen molar-refractivity contribution in [3.63, 3.8) is 0 Å². The smallest absolute Gasteiger partial charge is 0.312 e. The van der Waals surface area contributed by atoms with Crippen LogP contribution in [-0.2, 0) is 9.59 Å². The zero-order valence-corrected chi connectivity index (χ0v) is 18.5. The van der Waals surface area contributed by atoms with Crippen molar-refractivity contribution < 1.29 is 9.59 Å². The van der Waals surface area contributed by atoms with Crippen molar-refractivity contribution in [1.29, 1.82) is 0 Å². The highest BCUT2D eigenvalue weighted by atomic mass is 16.2. The van der Waals surface area contributed by atoms with Gasteiger partial charge in [-0.05, 0) is 42.9 Å². The van der Waals surface area contributed by atoms with Crippen molar-refractivity contribution in [3.8, 4) is 0 Å². The number of carbonyl (C=O) groups excluding carboxylic acids is 2. The summed E-state index contributed by atoms with van der Waals surface area (Å²) in [7, 11) is 0. The van der Waals surface area contributed by atoms with Crippen molar-refractivity contribution >= 4 is 11.8 Å². The van der Waals surface area contributed by atoms with E-state index in [-0.39, 0.29) is 34.7 Å². The molecule has 160 valence electrons. The minimum atomic E-state index is -0.356. The maximum atomic E-state index is 13.0. The van der Waals surface area contributed by atoms with Crippen molar-refractivity contribution in [2.45, 2.75) is 123 Å². The minimum Gasteiger partial charge on any atom is -0.345 e. The molecule has 1 aliphatic heterocycles. The average molecular weight is 391 g/mol. The van der Waals surface area contributed by atoms with Gasteiger partial charge in [0.05, 0.1) is 0 Å². The maximum Gasteiger partial charge on any atom is 0.312 e. The summed E-state index contributed by atoms with van der Waals surface area (Å²) in [6, 6.07) is 0.410. The highest BCUT2D eigenvalue weighted by Gasteiger charge is 2.51. The first-order valence-corrected chi connectivity index (χ1v) is 11.9. The third-order valence-corrected chi connectivity index (χ3v) is 7.31. The van der Waals surface area contributed by atoms with Gasteiger partial charge in [0, 0.05) is 18.6 Å². The van der Waals surface area contributed by atoms with Crippen molar-refractivity contribution in [2.75, 3.05) is 6.54 Å². The molecule has 2 amide bonds. The quantitative estimate of drug-likeness (QED) is 0.625. The first-order chi connectivity index (χ1) is 13.3. The van der Waals surface area contributed by atoms with E-state index in [2.05, 4.69) is 26.1 Å². The molecular weight excluding hydrogens is 348 g/mol. The molecule has 0 aromatic rings. The lowest BCUT2D eigenvalue weighted by Gasteiger charge is -2.39.